The van der Waals surface area contributed by atoms with Crippen LogP contribution >= 0.6 is 11.6 Å². The molecule has 0 radical (unpaired) electrons. The summed E-state index contributed by atoms with van der Waals surface area (Å²) >= 11 is 5.73. The molecule has 1 atom stereocenters. The fourth-order valence-electron chi connectivity index (χ4n) is 0.884. The van der Waals surface area contributed by atoms with Crippen molar-refractivity contribution in [2.45, 2.75) is 18.7 Å². The second-order valence-corrected chi connectivity index (χ2v) is 4.73. The Labute approximate surface area is 95.6 Å². The summed E-state index contributed by atoms with van der Waals surface area (Å²) in [4.78, 5) is 15.1. The van der Waals surface area contributed by atoms with Gasteiger partial charge in [0.25, 0.3) is 0 Å². The number of hydrogen-bond donors (Lipinski definition) is 1. The molecule has 82 valence electrons. The lowest BCUT2D eigenvalue weighted by atomic mass is 10.3. The zero-order chi connectivity index (χ0) is 11.4. The van der Waals surface area contributed by atoms with Crippen molar-refractivity contribution in [3.63, 3.8) is 0 Å². The molecule has 0 aliphatic heterocycles. The highest BCUT2D eigenvalue weighted by molar-refractivity contribution is 7.83. The zero-order valence-electron chi connectivity index (χ0n) is 8.41. The maximum absolute atomic E-state index is 11.6. The maximum atomic E-state index is 11.6. The van der Waals surface area contributed by atoms with Gasteiger partial charge >= 0.3 is 0 Å². The molecule has 1 N–H and O–H groups in total. The van der Waals surface area contributed by atoms with E-state index < -0.39 is 11.0 Å². The van der Waals surface area contributed by atoms with Crippen LogP contribution in [-0.2, 0) is 15.8 Å². The standard InChI is InChI=1S/C9H11ClN2O2S/c1-6-3-8(5-11-9(6)10)15(14)12-4-7(2)13/h3,5,12H,4H2,1-2H3. The molecule has 1 aromatic rings. The smallest absolute Gasteiger partial charge is 0.144 e. The van der Waals surface area contributed by atoms with Crippen LogP contribution < -0.4 is 4.72 Å². The molecule has 1 aromatic heterocycles. The molecule has 6 heteroatoms. The van der Waals surface area contributed by atoms with Crippen LogP contribution in [-0.4, -0.2) is 21.5 Å². The third kappa shape index (κ3) is 3.70. The van der Waals surface area contributed by atoms with Crippen molar-refractivity contribution >= 4 is 28.4 Å². The average Bonchev–Trinajstić information content (AvgIpc) is 2.18. The molecule has 1 rings (SSSR count). The van der Waals surface area contributed by atoms with Crippen molar-refractivity contribution in [1.29, 1.82) is 0 Å². The third-order valence-corrected chi connectivity index (χ3v) is 3.11. The molecule has 1 heterocycles. The minimum Gasteiger partial charge on any atom is -0.299 e. The minimum atomic E-state index is -1.41. The number of aryl methyl sites for hydroxylation is 1. The Hall–Kier alpha value is -0.780. The van der Waals surface area contributed by atoms with Crippen LogP contribution in [0.4, 0.5) is 0 Å². The molecule has 0 bridgehead atoms. The van der Waals surface area contributed by atoms with Gasteiger partial charge in [-0.1, -0.05) is 11.6 Å². The molecule has 0 amide bonds. The molecule has 15 heavy (non-hydrogen) atoms. The predicted octanol–water partition coefficient (Wildman–Crippen LogP) is 1.24. The first-order valence-corrected chi connectivity index (χ1v) is 5.80. The molecular weight excluding hydrogens is 236 g/mol. The largest absolute Gasteiger partial charge is 0.299 e. The summed E-state index contributed by atoms with van der Waals surface area (Å²) in [6, 6.07) is 1.68. The summed E-state index contributed by atoms with van der Waals surface area (Å²) in [6.45, 7) is 3.28. The summed E-state index contributed by atoms with van der Waals surface area (Å²) in [5.41, 5.74) is 0.757. The van der Waals surface area contributed by atoms with E-state index in [1.54, 1.807) is 13.0 Å². The van der Waals surface area contributed by atoms with Gasteiger partial charge in [-0.3, -0.25) is 4.79 Å². The molecule has 0 saturated heterocycles. The molecule has 0 aromatic carbocycles. The molecule has 0 aliphatic rings. The zero-order valence-corrected chi connectivity index (χ0v) is 9.98. The van der Waals surface area contributed by atoms with Crippen molar-refractivity contribution in [3.05, 3.63) is 23.0 Å². The van der Waals surface area contributed by atoms with Gasteiger partial charge in [0.2, 0.25) is 0 Å². The van der Waals surface area contributed by atoms with E-state index in [9.17, 15) is 9.00 Å². The molecule has 0 saturated carbocycles. The molecular formula is C9H11ClN2O2S. The van der Waals surface area contributed by atoms with Crippen molar-refractivity contribution in [2.24, 2.45) is 0 Å². The average molecular weight is 247 g/mol. The van der Waals surface area contributed by atoms with E-state index in [2.05, 4.69) is 9.71 Å². The van der Waals surface area contributed by atoms with Gasteiger partial charge in [-0.05, 0) is 25.5 Å². The highest BCUT2D eigenvalue weighted by Gasteiger charge is 2.06. The molecule has 4 nitrogen and oxygen atoms in total. The van der Waals surface area contributed by atoms with Crippen molar-refractivity contribution in [2.75, 3.05) is 6.54 Å². The van der Waals surface area contributed by atoms with Crippen molar-refractivity contribution in [1.82, 2.24) is 9.71 Å². The topological polar surface area (TPSA) is 59.1 Å². The first kappa shape index (κ1) is 12.3. The molecule has 0 spiro atoms. The van der Waals surface area contributed by atoms with Crippen molar-refractivity contribution in [3.8, 4) is 0 Å². The number of rotatable bonds is 4. The van der Waals surface area contributed by atoms with Crippen molar-refractivity contribution < 1.29 is 9.00 Å². The van der Waals surface area contributed by atoms with Gasteiger partial charge in [-0.15, -0.1) is 0 Å². The van der Waals surface area contributed by atoms with E-state index in [1.165, 1.54) is 13.1 Å². The Morgan fingerprint density at radius 1 is 1.67 bits per heavy atom. The van der Waals surface area contributed by atoms with Gasteiger partial charge in [0, 0.05) is 6.20 Å². The summed E-state index contributed by atoms with van der Waals surface area (Å²) in [7, 11) is -1.41. The number of nitrogens with zero attached hydrogens (tertiary/aromatic N) is 1. The second kappa shape index (κ2) is 5.34. The number of Topliss-reactive ketones (excluding diaryl/α,β-unsaturated/α-hetero) is 1. The van der Waals surface area contributed by atoms with E-state index in [-0.39, 0.29) is 12.3 Å². The Balaban J connectivity index is 2.74. The van der Waals surface area contributed by atoms with Gasteiger partial charge < -0.3 is 0 Å². The van der Waals surface area contributed by atoms with Crippen LogP contribution in [0.15, 0.2) is 17.2 Å². The van der Waals surface area contributed by atoms with Crippen LogP contribution in [0.3, 0.4) is 0 Å². The number of aromatic nitrogens is 1. The monoisotopic (exact) mass is 246 g/mol. The summed E-state index contributed by atoms with van der Waals surface area (Å²) in [5, 5.41) is 0.391. The van der Waals surface area contributed by atoms with Crippen LogP contribution in [0.2, 0.25) is 5.15 Å². The maximum Gasteiger partial charge on any atom is 0.144 e. The minimum absolute atomic E-state index is 0.0676. The van der Waals surface area contributed by atoms with Crippen LogP contribution in [0.5, 0.6) is 0 Å². The van der Waals surface area contributed by atoms with Gasteiger partial charge in [-0.25, -0.2) is 13.9 Å². The Bertz CT molecular complexity index is 409. The number of carbonyl (C=O) groups excluding carboxylic acids is 1. The van der Waals surface area contributed by atoms with E-state index in [0.717, 1.165) is 5.56 Å². The quantitative estimate of drug-likeness (QED) is 0.814. The van der Waals surface area contributed by atoms with E-state index in [1.807, 2.05) is 0 Å². The Morgan fingerprint density at radius 2 is 2.33 bits per heavy atom. The highest BCUT2D eigenvalue weighted by Crippen LogP contribution is 2.14. The normalized spacial score (nSPS) is 12.5. The van der Waals surface area contributed by atoms with Crippen LogP contribution in [0, 0.1) is 6.92 Å². The summed E-state index contributed by atoms with van der Waals surface area (Å²) in [6.07, 6.45) is 1.43. The lowest BCUT2D eigenvalue weighted by molar-refractivity contribution is -0.115. The molecule has 1 unspecified atom stereocenters. The van der Waals surface area contributed by atoms with Gasteiger partial charge in [-0.2, -0.15) is 0 Å². The second-order valence-electron chi connectivity index (χ2n) is 3.07. The fraction of sp³-hybridized carbons (Fsp3) is 0.333. The number of nitrogens with one attached hydrogen (secondary N) is 1. The van der Waals surface area contributed by atoms with Crippen LogP contribution in [0.25, 0.3) is 0 Å². The Morgan fingerprint density at radius 3 is 2.87 bits per heavy atom. The van der Waals surface area contributed by atoms with Gasteiger partial charge in [0.05, 0.1) is 11.4 Å². The van der Waals surface area contributed by atoms with Gasteiger partial charge in [0.15, 0.2) is 0 Å². The first-order chi connectivity index (χ1) is 7.00. The number of hydrogen-bond acceptors (Lipinski definition) is 3. The fourth-order valence-corrected chi connectivity index (χ4v) is 1.92. The SMILES string of the molecule is CC(=O)CNS(=O)c1cnc(Cl)c(C)c1. The number of halogens is 1. The summed E-state index contributed by atoms with van der Waals surface area (Å²) < 4.78 is 14.2. The first-order valence-electron chi connectivity index (χ1n) is 4.27. The third-order valence-electron chi connectivity index (χ3n) is 1.66. The number of ketones is 1. The predicted molar refractivity (Wildman–Crippen MR) is 59.1 cm³/mol. The lowest BCUT2D eigenvalue weighted by Gasteiger charge is -2.03. The summed E-state index contributed by atoms with van der Waals surface area (Å²) in [5.74, 6) is -0.0676. The molecule has 0 fully saturated rings. The highest BCUT2D eigenvalue weighted by atomic mass is 35.5. The Kier molecular flexibility index (Phi) is 4.38. The van der Waals surface area contributed by atoms with Crippen LogP contribution in [0.1, 0.15) is 12.5 Å². The molecule has 0 aliphatic carbocycles. The number of pyridine rings is 1. The van der Waals surface area contributed by atoms with E-state index >= 15 is 0 Å². The van der Waals surface area contributed by atoms with E-state index in [4.69, 9.17) is 11.6 Å². The van der Waals surface area contributed by atoms with Gasteiger partial charge in [0.1, 0.15) is 21.9 Å². The van der Waals surface area contributed by atoms with E-state index in [0.29, 0.717) is 10.0 Å². The lowest BCUT2D eigenvalue weighted by Crippen LogP contribution is -2.23. The number of carbonyl (C=O) groups is 1.